The predicted octanol–water partition coefficient (Wildman–Crippen LogP) is 5.90. The van der Waals surface area contributed by atoms with Crippen LogP contribution in [0.5, 0.6) is 0 Å². The van der Waals surface area contributed by atoms with Crippen molar-refractivity contribution in [2.24, 2.45) is 0 Å². The lowest BCUT2D eigenvalue weighted by Crippen LogP contribution is -2.10. The molecule has 0 amide bonds. The largest absolute Gasteiger partial charge is 0.600 e. The van der Waals surface area contributed by atoms with Gasteiger partial charge in [0, 0.05) is 17.4 Å². The summed E-state index contributed by atoms with van der Waals surface area (Å²) in [5.41, 5.74) is -3.10. The number of aryl methyl sites for hydroxylation is 1. The van der Waals surface area contributed by atoms with E-state index in [1.54, 1.807) is 12.1 Å². The highest BCUT2D eigenvalue weighted by molar-refractivity contribution is 7.38. The number of thiophene rings is 1. The maximum absolute atomic E-state index is 13.4. The summed E-state index contributed by atoms with van der Waals surface area (Å²) in [6.45, 7) is 2.00. The van der Waals surface area contributed by atoms with Crippen LogP contribution in [0.2, 0.25) is 0 Å². The molecule has 1 heterocycles. The smallest absolute Gasteiger partial charge is 0.118 e. The van der Waals surface area contributed by atoms with Crippen molar-refractivity contribution in [3.05, 3.63) is 34.7 Å². The third kappa shape index (κ3) is 2.06. The fraction of sp³-hybridized carbons (Fsp3) is 0.467. The highest BCUT2D eigenvalue weighted by Crippen LogP contribution is 2.56. The van der Waals surface area contributed by atoms with E-state index < -0.39 is 16.0 Å². The van der Waals surface area contributed by atoms with Gasteiger partial charge in [-0.2, -0.15) is 0 Å². The topological polar surface area (TPSA) is 0 Å². The van der Waals surface area contributed by atoms with E-state index in [0.29, 0.717) is 9.58 Å². The van der Waals surface area contributed by atoms with Crippen molar-refractivity contribution in [1.82, 2.24) is 0 Å². The minimum atomic E-state index is -4.14. The van der Waals surface area contributed by atoms with Crippen molar-refractivity contribution in [2.45, 2.75) is 44.0 Å². The fourth-order valence-corrected chi connectivity index (χ4v) is 5.00. The first-order valence-electron chi connectivity index (χ1n) is 6.67. The zero-order chi connectivity index (χ0) is 13.6. The molecular weight excluding hydrogens is 269 g/mol. The Balaban J connectivity index is 2.28. The molecule has 102 valence electrons. The Labute approximate surface area is 113 Å². The third-order valence-electron chi connectivity index (χ3n) is 4.02. The molecule has 1 aliphatic rings. The molecule has 1 aromatic heterocycles. The highest BCUT2D eigenvalue weighted by atomic mass is 32.2. The van der Waals surface area contributed by atoms with Gasteiger partial charge < -0.3 is 0 Å². The van der Waals surface area contributed by atoms with Gasteiger partial charge in [-0.3, -0.25) is 0 Å². The maximum Gasteiger partial charge on any atom is 0.600 e. The summed E-state index contributed by atoms with van der Waals surface area (Å²) >= 11 is 0. The van der Waals surface area contributed by atoms with Crippen LogP contribution in [-0.4, -0.2) is 0 Å². The molecule has 0 nitrogen and oxygen atoms in total. The van der Waals surface area contributed by atoms with Gasteiger partial charge in [0.1, 0.15) is 0 Å². The minimum absolute atomic E-state index is 0.155. The second-order valence-corrected chi connectivity index (χ2v) is 7.10. The second kappa shape index (κ2) is 4.51. The van der Waals surface area contributed by atoms with E-state index in [0.717, 1.165) is 36.6 Å². The molecule has 1 unspecified atom stereocenters. The number of hydrogen-bond donors (Lipinski definition) is 0. The average molecular weight is 285 g/mol. The minimum Gasteiger partial charge on any atom is -0.118 e. The van der Waals surface area contributed by atoms with Crippen LogP contribution in [0.15, 0.2) is 24.3 Å². The van der Waals surface area contributed by atoms with Crippen LogP contribution >= 0.6 is 10.5 Å². The lowest BCUT2D eigenvalue weighted by atomic mass is 9.84. The van der Waals surface area contributed by atoms with E-state index in [2.05, 4.69) is 0 Å². The van der Waals surface area contributed by atoms with E-state index in [-0.39, 0.29) is 5.92 Å². The Morgan fingerprint density at radius 1 is 1.26 bits per heavy atom. The van der Waals surface area contributed by atoms with E-state index in [1.807, 2.05) is 19.1 Å². The first-order valence-corrected chi connectivity index (χ1v) is 7.89. The fourth-order valence-electron chi connectivity index (χ4n) is 2.80. The van der Waals surface area contributed by atoms with Crippen molar-refractivity contribution in [1.29, 1.82) is 0 Å². The zero-order valence-corrected chi connectivity index (χ0v) is 11.6. The van der Waals surface area contributed by atoms with Gasteiger partial charge in [0.2, 0.25) is 0 Å². The lowest BCUT2D eigenvalue weighted by Gasteiger charge is -2.21. The highest BCUT2D eigenvalue weighted by Gasteiger charge is 2.50. The van der Waals surface area contributed by atoms with Gasteiger partial charge in [0.15, 0.2) is 9.58 Å². The Bertz CT molecular complexity index is 606. The summed E-state index contributed by atoms with van der Waals surface area (Å²) in [7, 11) is -1.69. The van der Waals surface area contributed by atoms with E-state index in [9.17, 15) is 13.2 Å². The second-order valence-electron chi connectivity index (χ2n) is 5.11. The molecule has 0 saturated heterocycles. The Kier molecular flexibility index (Phi) is 3.08. The summed E-state index contributed by atoms with van der Waals surface area (Å²) < 4.78 is 40.7. The molecule has 0 N–H and O–H groups in total. The molecule has 19 heavy (non-hydrogen) atoms. The molecule has 0 radical (unpaired) electrons. The van der Waals surface area contributed by atoms with Gasteiger partial charge in [-0.25, -0.2) is 0 Å². The van der Waals surface area contributed by atoms with Gasteiger partial charge in [-0.1, -0.05) is 25.5 Å². The zero-order valence-electron chi connectivity index (χ0n) is 10.8. The van der Waals surface area contributed by atoms with Gasteiger partial charge in [0.25, 0.3) is 0 Å². The molecule has 0 spiro atoms. The van der Waals surface area contributed by atoms with Crippen molar-refractivity contribution in [2.75, 3.05) is 0 Å². The van der Waals surface area contributed by atoms with Crippen LogP contribution in [0, 0.1) is 0 Å². The Morgan fingerprint density at radius 2 is 2.00 bits per heavy atom. The van der Waals surface area contributed by atoms with Gasteiger partial charge in [-0.05, 0) is 30.9 Å². The van der Waals surface area contributed by atoms with Gasteiger partial charge in [0.05, 0.1) is 10.5 Å². The van der Waals surface area contributed by atoms with Crippen molar-refractivity contribution in [3.8, 4) is 0 Å². The normalized spacial score (nSPS) is 17.8. The monoisotopic (exact) mass is 285 g/mol. The number of benzene rings is 1. The van der Waals surface area contributed by atoms with Crippen LogP contribution in [0.1, 0.15) is 42.5 Å². The lowest BCUT2D eigenvalue weighted by molar-refractivity contribution is -0.0868. The van der Waals surface area contributed by atoms with Crippen LogP contribution < -0.4 is 0 Å². The predicted molar refractivity (Wildman–Crippen MR) is 73.7 cm³/mol. The molecule has 0 bridgehead atoms. The number of fused-ring (bicyclic) bond motifs is 1. The Morgan fingerprint density at radius 3 is 2.53 bits per heavy atom. The summed E-state index contributed by atoms with van der Waals surface area (Å²) in [5.74, 6) is 0.155. The quantitative estimate of drug-likeness (QED) is 0.603. The molecule has 0 aliphatic heterocycles. The number of alkyl halides is 3. The molecule has 1 fully saturated rings. The van der Waals surface area contributed by atoms with E-state index in [1.165, 1.54) is 0 Å². The van der Waals surface area contributed by atoms with Gasteiger partial charge >= 0.3 is 5.51 Å². The summed E-state index contributed by atoms with van der Waals surface area (Å²) in [4.78, 5) is 0.634. The van der Waals surface area contributed by atoms with Crippen LogP contribution in [-0.2, 0) is 11.9 Å². The SMILES string of the molecule is CCc1cccc2c1cc(C1CCC1)[s+]2C(F)(F)F. The molecule has 4 heteroatoms. The van der Waals surface area contributed by atoms with Crippen LogP contribution in [0.3, 0.4) is 0 Å². The first kappa shape index (κ1) is 13.0. The van der Waals surface area contributed by atoms with Crippen molar-refractivity contribution >= 4 is 20.6 Å². The van der Waals surface area contributed by atoms with Crippen molar-refractivity contribution < 1.29 is 13.2 Å². The van der Waals surface area contributed by atoms with Gasteiger partial charge in [-0.15, -0.1) is 13.2 Å². The van der Waals surface area contributed by atoms with Crippen LogP contribution in [0.25, 0.3) is 10.1 Å². The summed E-state index contributed by atoms with van der Waals surface area (Å²) in [6, 6.07) is 7.21. The number of halogens is 3. The van der Waals surface area contributed by atoms with E-state index in [4.69, 9.17) is 0 Å². The van der Waals surface area contributed by atoms with E-state index >= 15 is 0 Å². The molecule has 1 aromatic carbocycles. The molecule has 3 rings (SSSR count). The van der Waals surface area contributed by atoms with Crippen molar-refractivity contribution in [3.63, 3.8) is 0 Å². The molecule has 1 saturated carbocycles. The average Bonchev–Trinajstić information content (AvgIpc) is 2.64. The molecular formula is C15H16F3S+. The summed E-state index contributed by atoms with van der Waals surface area (Å²) in [6.07, 6.45) is 3.68. The molecule has 1 atom stereocenters. The summed E-state index contributed by atoms with van der Waals surface area (Å²) in [5, 5.41) is 0.840. The standard InChI is InChI=1S/C15H16F3S/c1-2-10-5-4-8-13-12(10)9-14(11-6-3-7-11)19(13)15(16,17)18/h4-5,8-9,11H,2-3,6-7H2,1H3/q+1. The maximum atomic E-state index is 13.4. The number of hydrogen-bond acceptors (Lipinski definition) is 0. The molecule has 2 aromatic rings. The van der Waals surface area contributed by atoms with Crippen LogP contribution in [0.4, 0.5) is 13.2 Å². The number of rotatable bonds is 2. The first-order chi connectivity index (χ1) is 9.02. The Hall–Kier alpha value is -1.03. The molecule has 1 aliphatic carbocycles. The third-order valence-corrected chi connectivity index (χ3v) is 6.20.